The molecule has 0 spiro atoms. The summed E-state index contributed by atoms with van der Waals surface area (Å²) >= 11 is 0. The van der Waals surface area contributed by atoms with E-state index in [1.807, 2.05) is 6.07 Å². The van der Waals surface area contributed by atoms with Gasteiger partial charge in [-0.25, -0.2) is 0 Å². The minimum Gasteiger partial charge on any atom is -0.497 e. The number of methoxy groups -OCH3 is 2. The van der Waals surface area contributed by atoms with Crippen LogP contribution in [0.5, 0.6) is 11.5 Å². The number of benzene rings is 1. The average molecular weight is 249 g/mol. The minimum atomic E-state index is -0.409. The number of likely N-dealkylation sites (tertiary alicyclic amines) is 1. The number of carbonyl (C=O) groups is 2. The molecule has 0 aliphatic carbocycles. The van der Waals surface area contributed by atoms with Crippen LogP contribution < -0.4 is 9.47 Å². The molecule has 2 rings (SSSR count). The van der Waals surface area contributed by atoms with Gasteiger partial charge in [0.1, 0.15) is 11.5 Å². The van der Waals surface area contributed by atoms with E-state index in [4.69, 9.17) is 9.47 Å². The van der Waals surface area contributed by atoms with Gasteiger partial charge in [0.2, 0.25) is 5.78 Å². The molecule has 1 heterocycles. The third kappa shape index (κ3) is 2.30. The third-order valence-electron chi connectivity index (χ3n) is 2.99. The molecular weight excluding hydrogens is 234 g/mol. The summed E-state index contributed by atoms with van der Waals surface area (Å²) in [5, 5.41) is 0. The molecule has 0 unspecified atom stereocenters. The molecule has 96 valence electrons. The number of hydrogen-bond acceptors (Lipinski definition) is 4. The molecule has 1 fully saturated rings. The van der Waals surface area contributed by atoms with Gasteiger partial charge >= 0.3 is 0 Å². The van der Waals surface area contributed by atoms with Crippen LogP contribution in [0.1, 0.15) is 12.0 Å². The van der Waals surface area contributed by atoms with Crippen LogP contribution in [0.25, 0.3) is 0 Å². The van der Waals surface area contributed by atoms with Crippen molar-refractivity contribution in [1.29, 1.82) is 0 Å². The van der Waals surface area contributed by atoms with Crippen molar-refractivity contribution in [1.82, 2.24) is 4.90 Å². The summed E-state index contributed by atoms with van der Waals surface area (Å²) in [6.45, 7) is 0.866. The van der Waals surface area contributed by atoms with Gasteiger partial charge < -0.3 is 14.4 Å². The van der Waals surface area contributed by atoms with Gasteiger partial charge in [-0.05, 0) is 12.1 Å². The predicted molar refractivity (Wildman–Crippen MR) is 64.6 cm³/mol. The maximum Gasteiger partial charge on any atom is 0.290 e. The molecule has 1 aromatic carbocycles. The van der Waals surface area contributed by atoms with Crippen molar-refractivity contribution in [3.05, 3.63) is 23.8 Å². The Bertz CT molecular complexity index is 484. The summed E-state index contributed by atoms with van der Waals surface area (Å²) in [6.07, 6.45) is 0.303. The van der Waals surface area contributed by atoms with E-state index < -0.39 is 5.91 Å². The van der Waals surface area contributed by atoms with Crippen LogP contribution in [0.4, 0.5) is 0 Å². The summed E-state index contributed by atoms with van der Waals surface area (Å²) in [5.41, 5.74) is 0.862. The molecule has 1 aliphatic rings. The molecule has 1 aliphatic heterocycles. The van der Waals surface area contributed by atoms with E-state index in [1.54, 1.807) is 26.4 Å². The van der Waals surface area contributed by atoms with Crippen molar-refractivity contribution < 1.29 is 19.1 Å². The number of rotatable bonds is 4. The molecule has 0 atom stereocenters. The molecule has 18 heavy (non-hydrogen) atoms. The van der Waals surface area contributed by atoms with Crippen molar-refractivity contribution in [3.63, 3.8) is 0 Å². The molecular formula is C13H15NO4. The summed E-state index contributed by atoms with van der Waals surface area (Å²) in [7, 11) is 3.15. The lowest BCUT2D eigenvalue weighted by Gasteiger charge is -2.17. The molecule has 1 amide bonds. The minimum absolute atomic E-state index is 0.303. The van der Waals surface area contributed by atoms with E-state index in [0.29, 0.717) is 31.0 Å². The standard InChI is InChI=1S/C13H15NO4/c1-17-10-4-3-9(12(7-10)18-2)8-14-6-5-11(15)13(14)16/h3-4,7H,5-6,8H2,1-2H3. The van der Waals surface area contributed by atoms with E-state index in [9.17, 15) is 9.59 Å². The lowest BCUT2D eigenvalue weighted by molar-refractivity contribution is -0.140. The van der Waals surface area contributed by atoms with E-state index >= 15 is 0 Å². The second-order valence-corrected chi connectivity index (χ2v) is 4.08. The van der Waals surface area contributed by atoms with Gasteiger partial charge in [0.05, 0.1) is 14.2 Å². The summed E-state index contributed by atoms with van der Waals surface area (Å²) in [4.78, 5) is 24.3. The lowest BCUT2D eigenvalue weighted by atomic mass is 10.2. The Morgan fingerprint density at radius 2 is 2.00 bits per heavy atom. The molecule has 0 radical (unpaired) electrons. The van der Waals surface area contributed by atoms with Crippen LogP contribution in [0, 0.1) is 0 Å². The van der Waals surface area contributed by atoms with Crippen LogP contribution in [0.2, 0.25) is 0 Å². The van der Waals surface area contributed by atoms with Crippen LogP contribution in [0.3, 0.4) is 0 Å². The third-order valence-corrected chi connectivity index (χ3v) is 2.99. The normalized spacial score (nSPS) is 15.1. The molecule has 1 saturated heterocycles. The Morgan fingerprint density at radius 3 is 2.56 bits per heavy atom. The van der Waals surface area contributed by atoms with Gasteiger partial charge in [0.25, 0.3) is 5.91 Å². The molecule has 0 aromatic heterocycles. The topological polar surface area (TPSA) is 55.8 Å². The Kier molecular flexibility index (Phi) is 3.50. The second-order valence-electron chi connectivity index (χ2n) is 4.08. The first kappa shape index (κ1) is 12.4. The Hall–Kier alpha value is -2.04. The molecule has 0 bridgehead atoms. The highest BCUT2D eigenvalue weighted by Gasteiger charge is 2.29. The molecule has 0 N–H and O–H groups in total. The van der Waals surface area contributed by atoms with Gasteiger partial charge in [-0.15, -0.1) is 0 Å². The summed E-state index contributed by atoms with van der Waals surface area (Å²) in [6, 6.07) is 5.41. The highest BCUT2D eigenvalue weighted by atomic mass is 16.5. The van der Waals surface area contributed by atoms with Gasteiger partial charge in [-0.1, -0.05) is 0 Å². The first-order valence-electron chi connectivity index (χ1n) is 5.68. The number of amides is 1. The maximum atomic E-state index is 11.5. The number of ketones is 1. The number of carbonyl (C=O) groups excluding carboxylic acids is 2. The number of Topliss-reactive ketones (excluding diaryl/α,β-unsaturated/α-hetero) is 1. The average Bonchev–Trinajstić information content (AvgIpc) is 2.71. The van der Waals surface area contributed by atoms with Crippen LogP contribution >= 0.6 is 0 Å². The molecule has 0 saturated carbocycles. The largest absolute Gasteiger partial charge is 0.497 e. The van der Waals surface area contributed by atoms with E-state index in [-0.39, 0.29) is 5.78 Å². The highest BCUT2D eigenvalue weighted by molar-refractivity contribution is 6.37. The molecule has 5 heteroatoms. The second kappa shape index (κ2) is 5.08. The van der Waals surface area contributed by atoms with Crippen molar-refractivity contribution in [3.8, 4) is 11.5 Å². The van der Waals surface area contributed by atoms with E-state index in [2.05, 4.69) is 0 Å². The van der Waals surface area contributed by atoms with Gasteiger partial charge in [-0.2, -0.15) is 0 Å². The molecule has 1 aromatic rings. The fraction of sp³-hybridized carbons (Fsp3) is 0.385. The maximum absolute atomic E-state index is 11.5. The number of nitrogens with zero attached hydrogens (tertiary/aromatic N) is 1. The SMILES string of the molecule is COc1ccc(CN2CCC(=O)C2=O)c(OC)c1. The van der Waals surface area contributed by atoms with Gasteiger partial charge in [-0.3, -0.25) is 9.59 Å². The van der Waals surface area contributed by atoms with Crippen LogP contribution in [-0.2, 0) is 16.1 Å². The van der Waals surface area contributed by atoms with Crippen molar-refractivity contribution in [2.24, 2.45) is 0 Å². The van der Waals surface area contributed by atoms with Crippen molar-refractivity contribution in [2.45, 2.75) is 13.0 Å². The van der Waals surface area contributed by atoms with E-state index in [1.165, 1.54) is 4.90 Å². The first-order chi connectivity index (χ1) is 8.65. The quantitative estimate of drug-likeness (QED) is 0.747. The van der Waals surface area contributed by atoms with E-state index in [0.717, 1.165) is 5.56 Å². The number of hydrogen-bond donors (Lipinski definition) is 0. The smallest absolute Gasteiger partial charge is 0.290 e. The predicted octanol–water partition coefficient (Wildman–Crippen LogP) is 1.01. The lowest BCUT2D eigenvalue weighted by Crippen LogP contribution is -2.27. The fourth-order valence-electron chi connectivity index (χ4n) is 1.96. The zero-order valence-electron chi connectivity index (χ0n) is 10.4. The van der Waals surface area contributed by atoms with Gasteiger partial charge in [0, 0.05) is 31.1 Å². The Morgan fingerprint density at radius 1 is 1.22 bits per heavy atom. The van der Waals surface area contributed by atoms with Gasteiger partial charge in [0.15, 0.2) is 0 Å². The highest BCUT2D eigenvalue weighted by Crippen LogP contribution is 2.26. The van der Waals surface area contributed by atoms with Crippen LogP contribution in [0.15, 0.2) is 18.2 Å². The van der Waals surface area contributed by atoms with Crippen molar-refractivity contribution >= 4 is 11.7 Å². The zero-order chi connectivity index (χ0) is 13.1. The summed E-state index contributed by atoms with van der Waals surface area (Å²) in [5.74, 6) is 0.622. The zero-order valence-corrected chi connectivity index (χ0v) is 10.4. The molecule has 5 nitrogen and oxygen atoms in total. The monoisotopic (exact) mass is 249 g/mol. The first-order valence-corrected chi connectivity index (χ1v) is 5.68. The number of ether oxygens (including phenoxy) is 2. The van der Waals surface area contributed by atoms with Crippen molar-refractivity contribution in [2.75, 3.05) is 20.8 Å². The summed E-state index contributed by atoms with van der Waals surface area (Å²) < 4.78 is 10.4. The Labute approximate surface area is 105 Å². The Balaban J connectivity index is 2.18. The van der Waals surface area contributed by atoms with Crippen LogP contribution in [-0.4, -0.2) is 37.4 Å². The fourth-order valence-corrected chi connectivity index (χ4v) is 1.96.